The van der Waals surface area contributed by atoms with Gasteiger partial charge < -0.3 is 0 Å². The third kappa shape index (κ3) is 5.41. The summed E-state index contributed by atoms with van der Waals surface area (Å²) < 4.78 is 0. The van der Waals surface area contributed by atoms with Crippen LogP contribution < -0.4 is 0 Å². The Balaban J connectivity index is 3.19. The molecule has 0 heterocycles. The van der Waals surface area contributed by atoms with E-state index in [-0.39, 0.29) is 0 Å². The van der Waals surface area contributed by atoms with Gasteiger partial charge in [0.2, 0.25) is 6.29 Å². The standard InChI is InChI=1S/C7H11O/c1-7(2)5-3-4-6-8/h3,5,7H,4H2,1-2H3/b5-3+. The zero-order valence-electron chi connectivity index (χ0n) is 5.35. The third-order valence-electron chi connectivity index (χ3n) is 0.722. The van der Waals surface area contributed by atoms with Gasteiger partial charge in [0.25, 0.3) is 0 Å². The number of hydrogen-bond acceptors (Lipinski definition) is 1. The molecule has 0 aliphatic heterocycles. The highest BCUT2D eigenvalue weighted by molar-refractivity contribution is 5.52. The van der Waals surface area contributed by atoms with Crippen molar-refractivity contribution in [2.75, 3.05) is 0 Å². The van der Waals surface area contributed by atoms with Gasteiger partial charge in [-0.25, -0.2) is 0 Å². The average Bonchev–Trinajstić information content (AvgIpc) is 1.66. The average molecular weight is 111 g/mol. The van der Waals surface area contributed by atoms with Crippen LogP contribution in [0, 0.1) is 5.92 Å². The van der Waals surface area contributed by atoms with Gasteiger partial charge in [-0.05, 0) is 5.92 Å². The summed E-state index contributed by atoms with van der Waals surface area (Å²) in [5.74, 6) is 0.545. The molecular formula is C7H11O. The minimum absolute atomic E-state index is 0.429. The van der Waals surface area contributed by atoms with E-state index >= 15 is 0 Å². The van der Waals surface area contributed by atoms with Crippen molar-refractivity contribution < 1.29 is 4.79 Å². The molecule has 0 aromatic carbocycles. The Morgan fingerprint density at radius 1 is 1.62 bits per heavy atom. The molecule has 0 aliphatic carbocycles. The second kappa shape index (κ2) is 4.57. The number of rotatable bonds is 3. The Kier molecular flexibility index (Phi) is 4.23. The molecule has 0 N–H and O–H groups in total. The maximum Gasteiger partial charge on any atom is 0.202 e. The molecule has 45 valence electrons. The Bertz CT molecular complexity index is 82.4. The van der Waals surface area contributed by atoms with Gasteiger partial charge in [-0.15, -0.1) is 0 Å². The number of carbonyl (C=O) groups excluding carboxylic acids is 1. The topological polar surface area (TPSA) is 17.1 Å². The van der Waals surface area contributed by atoms with Gasteiger partial charge in [0, 0.05) is 6.42 Å². The van der Waals surface area contributed by atoms with E-state index in [1.54, 1.807) is 6.29 Å². The van der Waals surface area contributed by atoms with Gasteiger partial charge in [-0.3, -0.25) is 4.79 Å². The summed E-state index contributed by atoms with van der Waals surface area (Å²) in [5.41, 5.74) is 0. The molecule has 0 saturated carbocycles. The van der Waals surface area contributed by atoms with Crippen LogP contribution >= 0.6 is 0 Å². The van der Waals surface area contributed by atoms with Gasteiger partial charge in [-0.2, -0.15) is 0 Å². The highest BCUT2D eigenvalue weighted by Crippen LogP contribution is 1.93. The van der Waals surface area contributed by atoms with E-state index in [2.05, 4.69) is 13.8 Å². The van der Waals surface area contributed by atoms with Crippen molar-refractivity contribution in [3.63, 3.8) is 0 Å². The van der Waals surface area contributed by atoms with E-state index < -0.39 is 0 Å². The van der Waals surface area contributed by atoms with E-state index in [0.29, 0.717) is 12.3 Å². The van der Waals surface area contributed by atoms with Gasteiger partial charge in [-0.1, -0.05) is 26.0 Å². The van der Waals surface area contributed by atoms with Crippen molar-refractivity contribution in [1.29, 1.82) is 0 Å². The van der Waals surface area contributed by atoms with Crippen molar-refractivity contribution in [3.8, 4) is 0 Å². The van der Waals surface area contributed by atoms with E-state index in [0.717, 1.165) is 0 Å². The molecule has 0 aromatic rings. The van der Waals surface area contributed by atoms with Crippen LogP contribution in [0.3, 0.4) is 0 Å². The Morgan fingerprint density at radius 2 is 2.25 bits per heavy atom. The second-order valence-electron chi connectivity index (χ2n) is 2.02. The van der Waals surface area contributed by atoms with Gasteiger partial charge >= 0.3 is 0 Å². The molecule has 0 atom stereocenters. The molecule has 0 aliphatic rings. The predicted molar refractivity (Wildman–Crippen MR) is 34.3 cm³/mol. The lowest BCUT2D eigenvalue weighted by atomic mass is 10.2. The fraction of sp³-hybridized carbons (Fsp3) is 0.571. The second-order valence-corrected chi connectivity index (χ2v) is 2.02. The highest BCUT2D eigenvalue weighted by Gasteiger charge is 1.80. The van der Waals surface area contributed by atoms with Gasteiger partial charge in [0.15, 0.2) is 0 Å². The summed E-state index contributed by atoms with van der Waals surface area (Å²) in [4.78, 5) is 9.61. The number of allylic oxidation sites excluding steroid dienone is 2. The fourth-order valence-electron chi connectivity index (χ4n) is 0.388. The van der Waals surface area contributed by atoms with Crippen LogP contribution in [0.1, 0.15) is 20.3 Å². The van der Waals surface area contributed by atoms with Crippen LogP contribution in [-0.2, 0) is 4.79 Å². The molecular weight excluding hydrogens is 100 g/mol. The first-order chi connectivity index (χ1) is 3.77. The molecule has 0 amide bonds. The van der Waals surface area contributed by atoms with Crippen LogP contribution in [0.2, 0.25) is 0 Å². The summed E-state index contributed by atoms with van der Waals surface area (Å²) in [5, 5.41) is 0. The van der Waals surface area contributed by atoms with Gasteiger partial charge in [0.1, 0.15) is 0 Å². The van der Waals surface area contributed by atoms with E-state index in [9.17, 15) is 4.79 Å². The number of hydrogen-bond donors (Lipinski definition) is 0. The lowest BCUT2D eigenvalue weighted by Gasteiger charge is -1.88. The van der Waals surface area contributed by atoms with Crippen molar-refractivity contribution in [3.05, 3.63) is 12.2 Å². The molecule has 8 heavy (non-hydrogen) atoms. The van der Waals surface area contributed by atoms with Crippen LogP contribution in [0.4, 0.5) is 0 Å². The smallest absolute Gasteiger partial charge is 0.202 e. The van der Waals surface area contributed by atoms with E-state index in [1.165, 1.54) is 0 Å². The van der Waals surface area contributed by atoms with E-state index in [4.69, 9.17) is 0 Å². The Hall–Kier alpha value is -0.590. The molecule has 0 aromatic heterocycles. The Labute approximate surface area is 50.4 Å². The summed E-state index contributed by atoms with van der Waals surface area (Å²) in [6.45, 7) is 4.14. The van der Waals surface area contributed by atoms with Crippen LogP contribution in [0.15, 0.2) is 12.2 Å². The van der Waals surface area contributed by atoms with Crippen LogP contribution in [0.25, 0.3) is 0 Å². The third-order valence-corrected chi connectivity index (χ3v) is 0.722. The summed E-state index contributed by atoms with van der Waals surface area (Å²) in [7, 11) is 0. The maximum atomic E-state index is 9.61. The van der Waals surface area contributed by atoms with Crippen LogP contribution in [0.5, 0.6) is 0 Å². The summed E-state index contributed by atoms with van der Waals surface area (Å²) in [6.07, 6.45) is 6.04. The monoisotopic (exact) mass is 111 g/mol. The first-order valence-electron chi connectivity index (χ1n) is 2.79. The highest BCUT2D eigenvalue weighted by atomic mass is 16.1. The molecule has 0 unspecified atom stereocenters. The minimum Gasteiger partial charge on any atom is -0.291 e. The summed E-state index contributed by atoms with van der Waals surface area (Å²) >= 11 is 0. The molecule has 0 saturated heterocycles. The van der Waals surface area contributed by atoms with Crippen LogP contribution in [-0.4, -0.2) is 6.29 Å². The molecule has 1 radical (unpaired) electrons. The normalized spacial score (nSPS) is 10.9. The summed E-state index contributed by atoms with van der Waals surface area (Å²) in [6, 6.07) is 0. The molecule has 0 fully saturated rings. The maximum absolute atomic E-state index is 9.61. The van der Waals surface area contributed by atoms with Crippen molar-refractivity contribution in [2.24, 2.45) is 5.92 Å². The molecule has 1 heteroatoms. The first kappa shape index (κ1) is 7.41. The predicted octanol–water partition coefficient (Wildman–Crippen LogP) is 1.70. The molecule has 1 nitrogen and oxygen atoms in total. The van der Waals surface area contributed by atoms with Crippen molar-refractivity contribution in [2.45, 2.75) is 20.3 Å². The fourth-order valence-corrected chi connectivity index (χ4v) is 0.388. The largest absolute Gasteiger partial charge is 0.291 e. The van der Waals surface area contributed by atoms with Gasteiger partial charge in [0.05, 0.1) is 0 Å². The molecule has 0 spiro atoms. The first-order valence-corrected chi connectivity index (χ1v) is 2.79. The molecule has 0 rings (SSSR count). The Morgan fingerprint density at radius 3 is 2.62 bits per heavy atom. The zero-order chi connectivity index (χ0) is 6.41. The minimum atomic E-state index is 0.429. The lowest BCUT2D eigenvalue weighted by Crippen LogP contribution is -1.76. The lowest BCUT2D eigenvalue weighted by molar-refractivity contribution is 0.556. The SMILES string of the molecule is CC(C)/C=C/C[C]=O. The quantitative estimate of drug-likeness (QED) is 0.506. The molecule has 0 bridgehead atoms. The van der Waals surface area contributed by atoms with Crippen molar-refractivity contribution >= 4 is 6.29 Å². The zero-order valence-corrected chi connectivity index (χ0v) is 5.35. The van der Waals surface area contributed by atoms with E-state index in [1.807, 2.05) is 12.2 Å². The van der Waals surface area contributed by atoms with Crippen molar-refractivity contribution in [1.82, 2.24) is 0 Å².